The summed E-state index contributed by atoms with van der Waals surface area (Å²) in [5.74, 6) is -0.198. The molecule has 0 amide bonds. The van der Waals surface area contributed by atoms with Crippen molar-refractivity contribution in [1.29, 1.82) is 0 Å². The van der Waals surface area contributed by atoms with Crippen molar-refractivity contribution in [3.05, 3.63) is 64.4 Å². The molecule has 0 radical (unpaired) electrons. The second-order valence-electron chi connectivity index (χ2n) is 5.35. The van der Waals surface area contributed by atoms with Crippen molar-refractivity contribution in [2.45, 2.75) is 39.2 Å². The molecule has 3 heteroatoms. The van der Waals surface area contributed by atoms with E-state index >= 15 is 0 Å². The highest BCUT2D eigenvalue weighted by molar-refractivity contribution is 6.30. The summed E-state index contributed by atoms with van der Waals surface area (Å²) in [6.45, 7) is 4.21. The molecule has 0 saturated heterocycles. The van der Waals surface area contributed by atoms with Crippen LogP contribution < -0.4 is 5.32 Å². The van der Waals surface area contributed by atoms with E-state index in [0.717, 1.165) is 41.1 Å². The molecule has 2 rings (SSSR count). The first kappa shape index (κ1) is 15.8. The third kappa shape index (κ3) is 4.47. The number of benzene rings is 2. The quantitative estimate of drug-likeness (QED) is 0.676. The van der Waals surface area contributed by atoms with Crippen LogP contribution in [0.3, 0.4) is 0 Å². The first-order valence-electron chi connectivity index (χ1n) is 7.38. The summed E-state index contributed by atoms with van der Waals surface area (Å²) in [6.07, 6.45) is 3.28. The number of halogens is 2. The van der Waals surface area contributed by atoms with Crippen LogP contribution in [0.2, 0.25) is 5.02 Å². The van der Waals surface area contributed by atoms with Gasteiger partial charge in [-0.05, 0) is 54.8 Å². The zero-order valence-electron chi connectivity index (χ0n) is 12.5. The summed E-state index contributed by atoms with van der Waals surface area (Å²) in [4.78, 5) is 0. The molecule has 1 nitrogen and oxygen atoms in total. The average Bonchev–Trinajstić information content (AvgIpc) is 2.46. The number of anilines is 1. The van der Waals surface area contributed by atoms with Gasteiger partial charge in [-0.25, -0.2) is 4.39 Å². The van der Waals surface area contributed by atoms with Crippen LogP contribution in [0.15, 0.2) is 42.5 Å². The van der Waals surface area contributed by atoms with Gasteiger partial charge >= 0.3 is 0 Å². The van der Waals surface area contributed by atoms with Crippen molar-refractivity contribution in [1.82, 2.24) is 0 Å². The molecule has 21 heavy (non-hydrogen) atoms. The number of hydrogen-bond donors (Lipinski definition) is 1. The van der Waals surface area contributed by atoms with E-state index in [1.807, 2.05) is 37.3 Å². The second kappa shape index (κ2) is 7.46. The summed E-state index contributed by atoms with van der Waals surface area (Å²) in [7, 11) is 0. The van der Waals surface area contributed by atoms with Crippen LogP contribution in [-0.4, -0.2) is 0 Å². The van der Waals surface area contributed by atoms with Gasteiger partial charge in [0.05, 0.1) is 6.04 Å². The highest BCUT2D eigenvalue weighted by atomic mass is 35.5. The Kier molecular flexibility index (Phi) is 5.63. The van der Waals surface area contributed by atoms with Crippen molar-refractivity contribution in [3.63, 3.8) is 0 Å². The Morgan fingerprint density at radius 1 is 1.14 bits per heavy atom. The standard InChI is InChI=1S/C18H21ClFN/c1-3-4-5-18(14-6-9-16(20)10-7-14)21-17-11-8-15(19)12-13(17)2/h6-12,18,21H,3-5H2,1-2H3. The lowest BCUT2D eigenvalue weighted by molar-refractivity contribution is 0.616. The number of rotatable bonds is 6. The minimum atomic E-state index is -0.198. The fourth-order valence-electron chi connectivity index (χ4n) is 2.40. The first-order chi connectivity index (χ1) is 10.1. The van der Waals surface area contributed by atoms with Crippen molar-refractivity contribution in [2.24, 2.45) is 0 Å². The average molecular weight is 306 g/mol. The highest BCUT2D eigenvalue weighted by Gasteiger charge is 2.12. The zero-order valence-corrected chi connectivity index (χ0v) is 13.3. The third-order valence-electron chi connectivity index (χ3n) is 3.64. The van der Waals surface area contributed by atoms with Gasteiger partial charge in [-0.2, -0.15) is 0 Å². The summed E-state index contributed by atoms with van der Waals surface area (Å²) >= 11 is 6.00. The van der Waals surface area contributed by atoms with E-state index in [0.29, 0.717) is 0 Å². The van der Waals surface area contributed by atoms with Gasteiger partial charge in [-0.3, -0.25) is 0 Å². The molecule has 1 unspecified atom stereocenters. The fourth-order valence-corrected chi connectivity index (χ4v) is 2.63. The Bertz CT molecular complexity index is 580. The number of nitrogens with one attached hydrogen (secondary N) is 1. The van der Waals surface area contributed by atoms with Gasteiger partial charge in [-0.15, -0.1) is 0 Å². The van der Waals surface area contributed by atoms with Gasteiger partial charge in [0.15, 0.2) is 0 Å². The lowest BCUT2D eigenvalue weighted by Gasteiger charge is -2.22. The molecule has 1 N–H and O–H groups in total. The molecular formula is C18H21ClFN. The Labute approximate surface area is 131 Å². The van der Waals surface area contributed by atoms with E-state index in [-0.39, 0.29) is 11.9 Å². The van der Waals surface area contributed by atoms with Crippen LogP contribution >= 0.6 is 11.6 Å². The minimum Gasteiger partial charge on any atom is -0.378 e. The van der Waals surface area contributed by atoms with E-state index in [9.17, 15) is 4.39 Å². The Balaban J connectivity index is 2.21. The summed E-state index contributed by atoms with van der Waals surface area (Å²) < 4.78 is 13.1. The van der Waals surface area contributed by atoms with Gasteiger partial charge in [0, 0.05) is 10.7 Å². The second-order valence-corrected chi connectivity index (χ2v) is 5.79. The summed E-state index contributed by atoms with van der Waals surface area (Å²) in [5, 5.41) is 4.30. The lowest BCUT2D eigenvalue weighted by Crippen LogP contribution is -2.11. The third-order valence-corrected chi connectivity index (χ3v) is 3.87. The van der Waals surface area contributed by atoms with Crippen LogP contribution in [-0.2, 0) is 0 Å². The van der Waals surface area contributed by atoms with Gasteiger partial charge in [0.25, 0.3) is 0 Å². The van der Waals surface area contributed by atoms with E-state index < -0.39 is 0 Å². The maximum Gasteiger partial charge on any atom is 0.123 e. The van der Waals surface area contributed by atoms with Crippen LogP contribution in [0.4, 0.5) is 10.1 Å². The van der Waals surface area contributed by atoms with Gasteiger partial charge in [0.2, 0.25) is 0 Å². The molecule has 0 spiro atoms. The van der Waals surface area contributed by atoms with Gasteiger partial charge in [-0.1, -0.05) is 43.5 Å². The molecule has 112 valence electrons. The van der Waals surface area contributed by atoms with Gasteiger partial charge < -0.3 is 5.32 Å². The molecule has 0 bridgehead atoms. The maximum atomic E-state index is 13.1. The molecule has 0 aliphatic carbocycles. The number of hydrogen-bond acceptors (Lipinski definition) is 1. The molecule has 2 aromatic rings. The lowest BCUT2D eigenvalue weighted by atomic mass is 10.00. The van der Waals surface area contributed by atoms with Crippen molar-refractivity contribution >= 4 is 17.3 Å². The molecule has 0 saturated carbocycles. The van der Waals surface area contributed by atoms with Crippen molar-refractivity contribution in [3.8, 4) is 0 Å². The Morgan fingerprint density at radius 3 is 2.48 bits per heavy atom. The van der Waals surface area contributed by atoms with Crippen molar-refractivity contribution in [2.75, 3.05) is 5.32 Å². The largest absolute Gasteiger partial charge is 0.378 e. The SMILES string of the molecule is CCCCC(Nc1ccc(Cl)cc1C)c1ccc(F)cc1. The molecule has 0 heterocycles. The van der Waals surface area contributed by atoms with Crippen molar-refractivity contribution < 1.29 is 4.39 Å². The van der Waals surface area contributed by atoms with Crippen LogP contribution in [0, 0.1) is 12.7 Å². The van der Waals surface area contributed by atoms with E-state index in [1.54, 1.807) is 0 Å². The smallest absolute Gasteiger partial charge is 0.123 e. The summed E-state index contributed by atoms with van der Waals surface area (Å²) in [5.41, 5.74) is 3.30. The Hall–Kier alpha value is -1.54. The zero-order chi connectivity index (χ0) is 15.2. The van der Waals surface area contributed by atoms with E-state index in [4.69, 9.17) is 11.6 Å². The topological polar surface area (TPSA) is 12.0 Å². The monoisotopic (exact) mass is 305 g/mol. The molecule has 0 aromatic heterocycles. The van der Waals surface area contributed by atoms with Crippen LogP contribution in [0.1, 0.15) is 43.4 Å². The molecule has 1 atom stereocenters. The molecule has 0 fully saturated rings. The van der Waals surface area contributed by atoms with E-state index in [1.165, 1.54) is 12.1 Å². The van der Waals surface area contributed by atoms with Gasteiger partial charge in [0.1, 0.15) is 5.82 Å². The number of unbranched alkanes of at least 4 members (excludes halogenated alkanes) is 1. The van der Waals surface area contributed by atoms with Crippen LogP contribution in [0.5, 0.6) is 0 Å². The molecule has 0 aliphatic heterocycles. The van der Waals surface area contributed by atoms with E-state index in [2.05, 4.69) is 12.2 Å². The normalized spacial score (nSPS) is 12.2. The predicted molar refractivity (Wildman–Crippen MR) is 88.5 cm³/mol. The predicted octanol–water partition coefficient (Wildman–Crippen LogP) is 6.13. The first-order valence-corrected chi connectivity index (χ1v) is 7.76. The summed E-state index contributed by atoms with van der Waals surface area (Å²) in [6, 6.07) is 12.8. The number of aryl methyl sites for hydroxylation is 1. The Morgan fingerprint density at radius 2 is 1.86 bits per heavy atom. The fraction of sp³-hybridized carbons (Fsp3) is 0.333. The molecular weight excluding hydrogens is 285 g/mol. The maximum absolute atomic E-state index is 13.1. The minimum absolute atomic E-state index is 0.186. The molecule has 2 aromatic carbocycles. The molecule has 0 aliphatic rings. The highest BCUT2D eigenvalue weighted by Crippen LogP contribution is 2.28. The van der Waals surface area contributed by atoms with Crippen LogP contribution in [0.25, 0.3) is 0 Å².